The Hall–Kier alpha value is -3.37. The molecule has 0 bridgehead atoms. The van der Waals surface area contributed by atoms with Crippen molar-refractivity contribution in [3.05, 3.63) is 59.5 Å². The number of rotatable bonds is 7. The molecule has 0 aromatic carbocycles. The fourth-order valence-electron chi connectivity index (χ4n) is 4.48. The number of pyridine rings is 3. The number of carbonyl (C=O) groups excluding carboxylic acids is 1. The summed E-state index contributed by atoms with van der Waals surface area (Å²) in [6, 6.07) is 9.57. The smallest absolute Gasteiger partial charge is 0.239 e. The number of hydrogen-bond acceptors (Lipinski definition) is 7. The molecule has 0 spiro atoms. The summed E-state index contributed by atoms with van der Waals surface area (Å²) in [6.07, 6.45) is 5.13. The van der Waals surface area contributed by atoms with E-state index in [1.165, 1.54) is 0 Å². The summed E-state index contributed by atoms with van der Waals surface area (Å²) in [7, 11) is 0. The maximum atomic E-state index is 12.7. The summed E-state index contributed by atoms with van der Waals surface area (Å²) in [4.78, 5) is 34.1. The molecule has 4 aromatic heterocycles. The molecule has 0 radical (unpaired) electrons. The van der Waals surface area contributed by atoms with Crippen LogP contribution >= 0.6 is 11.6 Å². The van der Waals surface area contributed by atoms with E-state index in [4.69, 9.17) is 16.7 Å². The molecule has 3 N–H and O–H groups in total. The minimum atomic E-state index is -0.110. The first-order valence-electron chi connectivity index (χ1n) is 11.9. The highest BCUT2D eigenvalue weighted by atomic mass is 35.5. The molecule has 0 unspecified atom stereocenters. The number of nitrogens with one attached hydrogen (secondary N) is 2. The topological polar surface area (TPSA) is 110 Å². The third-order valence-electron chi connectivity index (χ3n) is 6.33. The van der Waals surface area contributed by atoms with E-state index in [0.717, 1.165) is 65.3 Å². The fourth-order valence-corrected chi connectivity index (χ4v) is 4.64. The van der Waals surface area contributed by atoms with E-state index in [1.54, 1.807) is 12.4 Å². The van der Waals surface area contributed by atoms with Crippen LogP contribution in [0.2, 0.25) is 5.02 Å². The molecule has 1 amide bonds. The lowest BCUT2D eigenvalue weighted by Crippen LogP contribution is -2.49. The number of aliphatic hydroxyl groups is 1. The minimum absolute atomic E-state index is 0.110. The van der Waals surface area contributed by atoms with Crippen LogP contribution in [0.3, 0.4) is 0 Å². The van der Waals surface area contributed by atoms with Crippen LogP contribution in [0.1, 0.15) is 5.56 Å². The molecule has 36 heavy (non-hydrogen) atoms. The second kappa shape index (κ2) is 10.7. The molecule has 186 valence electrons. The Morgan fingerprint density at radius 1 is 1.08 bits per heavy atom. The number of fused-ring (bicyclic) bond motifs is 1. The first-order chi connectivity index (χ1) is 17.5. The molecule has 1 aliphatic rings. The van der Waals surface area contributed by atoms with Crippen LogP contribution in [0, 0.1) is 6.92 Å². The van der Waals surface area contributed by atoms with Gasteiger partial charge >= 0.3 is 0 Å². The van der Waals surface area contributed by atoms with Crippen LogP contribution < -0.4 is 5.32 Å². The van der Waals surface area contributed by atoms with Gasteiger partial charge in [-0.05, 0) is 36.8 Å². The summed E-state index contributed by atoms with van der Waals surface area (Å²) in [5, 5.41) is 12.6. The van der Waals surface area contributed by atoms with E-state index >= 15 is 0 Å². The predicted octanol–water partition coefficient (Wildman–Crippen LogP) is 3.20. The molecule has 9 nitrogen and oxygen atoms in total. The highest BCUT2D eigenvalue weighted by Crippen LogP contribution is 2.37. The van der Waals surface area contributed by atoms with Crippen molar-refractivity contribution in [2.24, 2.45) is 0 Å². The fraction of sp³-hybridized carbons (Fsp3) is 0.308. The number of anilines is 1. The second-order valence-electron chi connectivity index (χ2n) is 8.96. The van der Waals surface area contributed by atoms with Gasteiger partial charge in [-0.3, -0.25) is 24.6 Å². The molecule has 1 aliphatic heterocycles. The molecule has 4 aromatic rings. The number of piperazine rings is 1. The van der Waals surface area contributed by atoms with Gasteiger partial charge in [0, 0.05) is 56.9 Å². The van der Waals surface area contributed by atoms with Gasteiger partial charge in [0.05, 0.1) is 46.2 Å². The number of aryl methyl sites for hydroxylation is 1. The molecular weight excluding hydrogens is 478 g/mol. The molecule has 5 heterocycles. The zero-order valence-corrected chi connectivity index (χ0v) is 20.8. The van der Waals surface area contributed by atoms with Gasteiger partial charge in [-0.15, -0.1) is 0 Å². The first kappa shape index (κ1) is 24.3. The molecular formula is C26H28ClN7O2. The Bertz CT molecular complexity index is 1360. The third kappa shape index (κ3) is 5.39. The highest BCUT2D eigenvalue weighted by Gasteiger charge is 2.20. The molecule has 0 atom stereocenters. The highest BCUT2D eigenvalue weighted by molar-refractivity contribution is 6.31. The van der Waals surface area contributed by atoms with E-state index in [2.05, 4.69) is 35.1 Å². The van der Waals surface area contributed by atoms with Gasteiger partial charge in [-0.25, -0.2) is 4.98 Å². The molecule has 0 saturated carbocycles. The quantitative estimate of drug-likeness (QED) is 0.354. The van der Waals surface area contributed by atoms with E-state index in [-0.39, 0.29) is 12.5 Å². The molecule has 5 rings (SSSR count). The maximum Gasteiger partial charge on any atom is 0.239 e. The molecule has 1 fully saturated rings. The van der Waals surface area contributed by atoms with Crippen LogP contribution in [0.5, 0.6) is 0 Å². The number of nitrogens with zero attached hydrogens (tertiary/aromatic N) is 5. The lowest BCUT2D eigenvalue weighted by molar-refractivity contribution is -0.117. The van der Waals surface area contributed by atoms with E-state index < -0.39 is 0 Å². The summed E-state index contributed by atoms with van der Waals surface area (Å²) >= 11 is 6.21. The zero-order chi connectivity index (χ0) is 25.1. The lowest BCUT2D eigenvalue weighted by atomic mass is 10.0. The number of amides is 1. The van der Waals surface area contributed by atoms with E-state index in [9.17, 15) is 4.79 Å². The van der Waals surface area contributed by atoms with Crippen molar-refractivity contribution in [1.82, 2.24) is 29.7 Å². The Morgan fingerprint density at radius 2 is 1.89 bits per heavy atom. The third-order valence-corrected chi connectivity index (χ3v) is 6.54. The molecule has 1 saturated heterocycles. The van der Waals surface area contributed by atoms with Crippen molar-refractivity contribution in [2.75, 3.05) is 51.2 Å². The second-order valence-corrected chi connectivity index (χ2v) is 9.40. The zero-order valence-electron chi connectivity index (χ0n) is 20.0. The largest absolute Gasteiger partial charge is 0.395 e. The summed E-state index contributed by atoms with van der Waals surface area (Å²) in [5.74, 6) is 0.365. The predicted molar refractivity (Wildman–Crippen MR) is 141 cm³/mol. The van der Waals surface area contributed by atoms with Gasteiger partial charge in [0.1, 0.15) is 5.82 Å². The molecule has 0 aliphatic carbocycles. The number of β-amino-alcohol motifs (C(OH)–C–C–N with tert-alkyl or cyclic N) is 1. The number of aromatic nitrogens is 4. The van der Waals surface area contributed by atoms with Gasteiger partial charge < -0.3 is 15.4 Å². The van der Waals surface area contributed by atoms with Crippen LogP contribution in [-0.4, -0.2) is 86.6 Å². The average Bonchev–Trinajstić information content (AvgIpc) is 3.24. The minimum Gasteiger partial charge on any atom is -0.395 e. The monoisotopic (exact) mass is 505 g/mol. The number of aromatic amines is 1. The first-order valence-corrected chi connectivity index (χ1v) is 12.3. The van der Waals surface area contributed by atoms with Crippen LogP contribution in [0.15, 0.2) is 48.9 Å². The SMILES string of the molecule is Cc1ccc(-c2c(-c3ccnc(NC(=O)CN4CCN(CCO)CC4)c3)[nH]c3cc(Cl)cnc23)nc1. The van der Waals surface area contributed by atoms with Crippen molar-refractivity contribution < 1.29 is 9.90 Å². The van der Waals surface area contributed by atoms with Gasteiger partial charge in [0.2, 0.25) is 5.91 Å². The van der Waals surface area contributed by atoms with Gasteiger partial charge in [-0.2, -0.15) is 0 Å². The van der Waals surface area contributed by atoms with Crippen molar-refractivity contribution in [3.63, 3.8) is 0 Å². The van der Waals surface area contributed by atoms with Crippen LogP contribution in [0.25, 0.3) is 33.5 Å². The molecule has 10 heteroatoms. The van der Waals surface area contributed by atoms with Crippen molar-refractivity contribution in [1.29, 1.82) is 0 Å². The Labute approximate surface area is 214 Å². The summed E-state index contributed by atoms with van der Waals surface area (Å²) in [6.45, 7) is 6.39. The van der Waals surface area contributed by atoms with Crippen molar-refractivity contribution in [3.8, 4) is 22.5 Å². The Morgan fingerprint density at radius 3 is 2.64 bits per heavy atom. The van der Waals surface area contributed by atoms with Crippen LogP contribution in [0.4, 0.5) is 5.82 Å². The number of carbonyl (C=O) groups is 1. The Kier molecular flexibility index (Phi) is 7.24. The number of aliphatic hydroxyl groups excluding tert-OH is 1. The summed E-state index contributed by atoms with van der Waals surface area (Å²) in [5.41, 5.74) is 5.98. The van der Waals surface area contributed by atoms with Crippen molar-refractivity contribution >= 4 is 34.4 Å². The Balaban J connectivity index is 1.39. The van der Waals surface area contributed by atoms with Gasteiger partial charge in [0.15, 0.2) is 0 Å². The van der Waals surface area contributed by atoms with Gasteiger partial charge in [-0.1, -0.05) is 17.7 Å². The van der Waals surface area contributed by atoms with Crippen LogP contribution in [-0.2, 0) is 4.79 Å². The number of H-pyrrole nitrogens is 1. The number of halogens is 1. The van der Waals surface area contributed by atoms with Gasteiger partial charge in [0.25, 0.3) is 0 Å². The van der Waals surface area contributed by atoms with E-state index in [1.807, 2.05) is 43.5 Å². The standard InChI is InChI=1S/C26H28ClN7O2/c1-17-2-3-20(29-14-17)24-25(31-21-13-19(27)15-30-26(21)24)18-4-5-28-22(12-18)32-23(36)16-34-8-6-33(7-9-34)10-11-35/h2-5,12-15,31,35H,6-11,16H2,1H3,(H,28,32,36). The normalized spacial score (nSPS) is 14.9. The number of hydrogen-bond donors (Lipinski definition) is 3. The maximum absolute atomic E-state index is 12.7. The summed E-state index contributed by atoms with van der Waals surface area (Å²) < 4.78 is 0. The average molecular weight is 506 g/mol. The van der Waals surface area contributed by atoms with Crippen molar-refractivity contribution in [2.45, 2.75) is 6.92 Å². The lowest BCUT2D eigenvalue weighted by Gasteiger charge is -2.33. The van der Waals surface area contributed by atoms with E-state index in [0.29, 0.717) is 23.9 Å².